The first-order valence-corrected chi connectivity index (χ1v) is 9.38. The van der Waals surface area contributed by atoms with Gasteiger partial charge in [0.05, 0.1) is 19.7 Å². The molecule has 0 amide bonds. The Kier molecular flexibility index (Phi) is 7.53. The highest BCUT2D eigenvalue weighted by Gasteiger charge is 2.25. The fourth-order valence-electron chi connectivity index (χ4n) is 2.61. The molecule has 15 heteroatoms. The third kappa shape index (κ3) is 5.73. The second kappa shape index (κ2) is 10.1. The predicted octanol–water partition coefficient (Wildman–Crippen LogP) is 4.60. The molecule has 0 aromatic heterocycles. The van der Waals surface area contributed by atoms with Crippen molar-refractivity contribution in [3.63, 3.8) is 0 Å². The molecule has 3 aromatic rings. The number of hydrogen-bond donors (Lipinski definition) is 2. The number of nitrogen functional groups attached to an aromatic ring is 2. The van der Waals surface area contributed by atoms with Gasteiger partial charge in [0.1, 0.15) is 0 Å². The van der Waals surface area contributed by atoms with E-state index in [0.29, 0.717) is 11.1 Å². The smallest absolute Gasteiger partial charge is 0.300 e. The minimum Gasteiger partial charge on any atom is -0.388 e. The lowest BCUT2D eigenvalue weighted by molar-refractivity contribution is -0.392. The minimum atomic E-state index is -0.771. The first-order valence-electron chi connectivity index (χ1n) is 8.59. The van der Waals surface area contributed by atoms with Crippen LogP contribution < -0.4 is 11.5 Å². The van der Waals surface area contributed by atoms with E-state index >= 15 is 0 Å². The van der Waals surface area contributed by atoms with Gasteiger partial charge in [-0.2, -0.15) is 0 Å². The van der Waals surface area contributed by atoms with Crippen LogP contribution in [0.3, 0.4) is 0 Å². The SMILES string of the molecule is Nc1c([N+](=O)[O-])cc(-c2ccccc2)cc1[N+](=O)[O-].Nc1c([N+](=O)[O-])cc(Br)cc1[N+](=O)[O-]. The standard InChI is InChI=1S/C12H9N3O4.C6H4BrN3O4/c13-12-10(14(16)17)6-9(7-11(12)15(18)19)8-4-2-1-3-5-8;7-3-1-4(9(11)12)6(8)5(2-3)10(13)14/h1-7H,13H2;1-2H,8H2. The summed E-state index contributed by atoms with van der Waals surface area (Å²) in [5.74, 6) is 0. The van der Waals surface area contributed by atoms with Gasteiger partial charge in [-0.05, 0) is 11.1 Å². The van der Waals surface area contributed by atoms with Gasteiger partial charge >= 0.3 is 0 Å². The average Bonchev–Trinajstić information content (AvgIpc) is 2.75. The van der Waals surface area contributed by atoms with Gasteiger partial charge in [0.2, 0.25) is 0 Å². The van der Waals surface area contributed by atoms with E-state index in [1.54, 1.807) is 30.3 Å². The number of halogens is 1. The summed E-state index contributed by atoms with van der Waals surface area (Å²) in [6.45, 7) is 0. The molecule has 0 atom stereocenters. The number of nitrogens with zero attached hydrogens (tertiary/aromatic N) is 4. The highest BCUT2D eigenvalue weighted by Crippen LogP contribution is 2.37. The number of nitro groups is 4. The maximum atomic E-state index is 10.9. The van der Waals surface area contributed by atoms with Crippen molar-refractivity contribution < 1.29 is 19.7 Å². The van der Waals surface area contributed by atoms with Gasteiger partial charge in [-0.15, -0.1) is 0 Å². The molecule has 0 saturated heterocycles. The second-order valence-corrected chi connectivity index (χ2v) is 7.10. The van der Waals surface area contributed by atoms with Crippen LogP contribution in [-0.4, -0.2) is 19.7 Å². The van der Waals surface area contributed by atoms with Gasteiger partial charge in [0, 0.05) is 28.7 Å². The maximum absolute atomic E-state index is 10.9. The van der Waals surface area contributed by atoms with Crippen LogP contribution in [0.1, 0.15) is 0 Å². The number of nitro benzene ring substituents is 4. The van der Waals surface area contributed by atoms with Gasteiger partial charge in [-0.3, -0.25) is 40.5 Å². The van der Waals surface area contributed by atoms with Gasteiger partial charge in [0.15, 0.2) is 11.4 Å². The third-order valence-electron chi connectivity index (χ3n) is 4.13. The Labute approximate surface area is 192 Å². The number of anilines is 2. The van der Waals surface area contributed by atoms with Crippen LogP contribution >= 0.6 is 15.9 Å². The van der Waals surface area contributed by atoms with Gasteiger partial charge in [-0.25, -0.2) is 0 Å². The molecule has 14 nitrogen and oxygen atoms in total. The molecular formula is C18H13BrN6O8. The van der Waals surface area contributed by atoms with Crippen LogP contribution in [-0.2, 0) is 0 Å². The Balaban J connectivity index is 0.000000245. The fraction of sp³-hybridized carbons (Fsp3) is 0. The zero-order valence-electron chi connectivity index (χ0n) is 16.3. The van der Waals surface area contributed by atoms with Crippen LogP contribution in [0.15, 0.2) is 59.1 Å². The molecule has 0 unspecified atom stereocenters. The molecule has 33 heavy (non-hydrogen) atoms. The number of nitrogens with two attached hydrogens (primary N) is 2. The molecule has 0 saturated carbocycles. The number of rotatable bonds is 5. The Morgan fingerprint density at radius 3 is 1.24 bits per heavy atom. The van der Waals surface area contributed by atoms with Crippen molar-refractivity contribution in [2.45, 2.75) is 0 Å². The summed E-state index contributed by atoms with van der Waals surface area (Å²) >= 11 is 2.92. The molecule has 0 fully saturated rings. The van der Waals surface area contributed by atoms with E-state index in [4.69, 9.17) is 11.5 Å². The van der Waals surface area contributed by atoms with E-state index in [-0.39, 0.29) is 4.47 Å². The van der Waals surface area contributed by atoms with Crippen LogP contribution in [0.2, 0.25) is 0 Å². The van der Waals surface area contributed by atoms with E-state index in [0.717, 1.165) is 12.1 Å². The number of benzene rings is 3. The molecule has 170 valence electrons. The lowest BCUT2D eigenvalue weighted by Crippen LogP contribution is -2.01. The largest absolute Gasteiger partial charge is 0.388 e. The molecule has 4 N–H and O–H groups in total. The van der Waals surface area contributed by atoms with Crippen molar-refractivity contribution in [3.8, 4) is 11.1 Å². The zero-order chi connectivity index (χ0) is 24.9. The van der Waals surface area contributed by atoms with Crippen molar-refractivity contribution in [2.75, 3.05) is 11.5 Å². The van der Waals surface area contributed by atoms with Crippen molar-refractivity contribution in [1.29, 1.82) is 0 Å². The summed E-state index contributed by atoms with van der Waals surface area (Å²) in [5.41, 5.74) is 8.96. The average molecular weight is 521 g/mol. The van der Waals surface area contributed by atoms with E-state index in [1.165, 1.54) is 12.1 Å². The molecule has 3 rings (SSSR count). The summed E-state index contributed by atoms with van der Waals surface area (Å²) in [6, 6.07) is 13.4. The first-order chi connectivity index (χ1) is 15.4. The molecule has 3 aromatic carbocycles. The van der Waals surface area contributed by atoms with Crippen molar-refractivity contribution in [1.82, 2.24) is 0 Å². The normalized spacial score (nSPS) is 9.97. The minimum absolute atomic E-state index is 0.241. The van der Waals surface area contributed by atoms with Crippen molar-refractivity contribution in [3.05, 3.63) is 99.5 Å². The molecule has 0 bridgehead atoms. The highest BCUT2D eigenvalue weighted by atomic mass is 79.9. The lowest BCUT2D eigenvalue weighted by atomic mass is 10.0. The van der Waals surface area contributed by atoms with E-state index < -0.39 is 53.8 Å². The van der Waals surface area contributed by atoms with Crippen LogP contribution in [0, 0.1) is 40.5 Å². The van der Waals surface area contributed by atoms with Crippen LogP contribution in [0.4, 0.5) is 34.1 Å². The zero-order valence-corrected chi connectivity index (χ0v) is 17.9. The summed E-state index contributed by atoms with van der Waals surface area (Å²) in [7, 11) is 0. The fourth-order valence-corrected chi connectivity index (χ4v) is 3.05. The predicted molar refractivity (Wildman–Crippen MR) is 121 cm³/mol. The maximum Gasteiger partial charge on any atom is 0.300 e. The quantitative estimate of drug-likeness (QED) is 0.269. The Morgan fingerprint density at radius 2 is 0.909 bits per heavy atom. The Bertz CT molecular complexity index is 1200. The molecule has 0 aliphatic carbocycles. The highest BCUT2D eigenvalue weighted by molar-refractivity contribution is 9.10. The Hall–Kier alpha value is -4.66. The second-order valence-electron chi connectivity index (χ2n) is 6.18. The molecule has 0 aliphatic heterocycles. The Morgan fingerprint density at radius 1 is 0.576 bits per heavy atom. The molecule has 0 heterocycles. The van der Waals surface area contributed by atoms with Crippen molar-refractivity contribution >= 4 is 50.1 Å². The van der Waals surface area contributed by atoms with Gasteiger partial charge in [0.25, 0.3) is 22.7 Å². The first kappa shape index (κ1) is 24.6. The summed E-state index contributed by atoms with van der Waals surface area (Å²) in [6.07, 6.45) is 0. The summed E-state index contributed by atoms with van der Waals surface area (Å²) < 4.78 is 0.241. The third-order valence-corrected chi connectivity index (χ3v) is 4.59. The molecule has 0 radical (unpaired) electrons. The van der Waals surface area contributed by atoms with E-state index in [1.807, 2.05) is 0 Å². The van der Waals surface area contributed by atoms with Crippen molar-refractivity contribution in [2.24, 2.45) is 0 Å². The topological polar surface area (TPSA) is 225 Å². The summed E-state index contributed by atoms with van der Waals surface area (Å²) in [5, 5.41) is 42.6. The molecule has 0 spiro atoms. The van der Waals surface area contributed by atoms with E-state index in [2.05, 4.69) is 15.9 Å². The van der Waals surface area contributed by atoms with Crippen LogP contribution in [0.25, 0.3) is 11.1 Å². The lowest BCUT2D eigenvalue weighted by Gasteiger charge is -2.04. The van der Waals surface area contributed by atoms with Gasteiger partial charge < -0.3 is 11.5 Å². The molecule has 0 aliphatic rings. The monoisotopic (exact) mass is 520 g/mol. The summed E-state index contributed by atoms with van der Waals surface area (Å²) in [4.78, 5) is 39.6. The van der Waals surface area contributed by atoms with Crippen LogP contribution in [0.5, 0.6) is 0 Å². The van der Waals surface area contributed by atoms with E-state index in [9.17, 15) is 40.5 Å². The van der Waals surface area contributed by atoms with Gasteiger partial charge in [-0.1, -0.05) is 46.3 Å². The molecular weight excluding hydrogens is 508 g/mol. The number of hydrogen-bond acceptors (Lipinski definition) is 10.